The number of hydrogen-bond donors (Lipinski definition) is 7. The van der Waals surface area contributed by atoms with Crippen LogP contribution in [0.4, 0.5) is 0 Å². The number of rotatable bonds is 13. The van der Waals surface area contributed by atoms with Crippen LogP contribution in [0.25, 0.3) is 0 Å². The summed E-state index contributed by atoms with van der Waals surface area (Å²) >= 11 is 0. The average Bonchev–Trinajstić information content (AvgIpc) is 2.64. The quantitative estimate of drug-likeness (QED) is 0.0970. The van der Waals surface area contributed by atoms with Crippen molar-refractivity contribution in [2.45, 2.75) is 58.7 Å². The first kappa shape index (κ1) is 27.1. The molecule has 0 aliphatic rings. The van der Waals surface area contributed by atoms with Crippen molar-refractivity contribution in [3.63, 3.8) is 0 Å². The van der Waals surface area contributed by atoms with E-state index in [0.717, 1.165) is 0 Å². The van der Waals surface area contributed by atoms with Crippen molar-refractivity contribution in [1.82, 2.24) is 16.0 Å². The number of aliphatic imine (C=N–C) groups is 1. The van der Waals surface area contributed by atoms with Gasteiger partial charge in [0.15, 0.2) is 5.96 Å². The SMILES string of the molecule is CC(C)C(N)C(=O)NCC(=O)NC(C(=O)NC(CCCN=C(N)N)C(=O)O)C(C)C. The minimum absolute atomic E-state index is 0.0952. The summed E-state index contributed by atoms with van der Waals surface area (Å²) in [5, 5.41) is 16.7. The second-order valence-corrected chi connectivity index (χ2v) is 7.63. The van der Waals surface area contributed by atoms with E-state index < -0.39 is 41.8 Å². The number of nitrogens with one attached hydrogen (secondary N) is 3. The maximum Gasteiger partial charge on any atom is 0.326 e. The average molecular weight is 430 g/mol. The van der Waals surface area contributed by atoms with Gasteiger partial charge in [-0.1, -0.05) is 27.7 Å². The zero-order chi connectivity index (χ0) is 23.4. The summed E-state index contributed by atoms with van der Waals surface area (Å²) in [4.78, 5) is 51.7. The number of carbonyl (C=O) groups is 4. The van der Waals surface area contributed by atoms with Crippen LogP contribution in [-0.2, 0) is 19.2 Å². The van der Waals surface area contributed by atoms with Crippen LogP contribution in [0.5, 0.6) is 0 Å². The van der Waals surface area contributed by atoms with Crippen LogP contribution in [0, 0.1) is 11.8 Å². The van der Waals surface area contributed by atoms with Crippen LogP contribution in [0.2, 0.25) is 0 Å². The summed E-state index contributed by atoms with van der Waals surface area (Å²) in [7, 11) is 0. The summed E-state index contributed by atoms with van der Waals surface area (Å²) in [5.74, 6) is -3.43. The Morgan fingerprint density at radius 1 is 0.967 bits per heavy atom. The van der Waals surface area contributed by atoms with Gasteiger partial charge in [0.25, 0.3) is 0 Å². The Hall–Kier alpha value is -2.89. The molecule has 0 bridgehead atoms. The van der Waals surface area contributed by atoms with E-state index in [-0.39, 0.29) is 37.3 Å². The summed E-state index contributed by atoms with van der Waals surface area (Å²) in [5.41, 5.74) is 16.1. The number of guanidine groups is 1. The van der Waals surface area contributed by atoms with Gasteiger partial charge in [-0.25, -0.2) is 4.79 Å². The monoisotopic (exact) mass is 429 g/mol. The van der Waals surface area contributed by atoms with Crippen molar-refractivity contribution in [2.75, 3.05) is 13.1 Å². The summed E-state index contributed by atoms with van der Waals surface area (Å²) in [6, 6.07) is -2.89. The lowest BCUT2D eigenvalue weighted by Gasteiger charge is -2.24. The molecule has 0 heterocycles. The van der Waals surface area contributed by atoms with Gasteiger partial charge in [0.2, 0.25) is 17.7 Å². The molecule has 30 heavy (non-hydrogen) atoms. The van der Waals surface area contributed by atoms with Crippen LogP contribution in [-0.4, -0.2) is 66.0 Å². The van der Waals surface area contributed by atoms with Crippen LogP contribution in [0.3, 0.4) is 0 Å². The van der Waals surface area contributed by atoms with Gasteiger partial charge in [-0.2, -0.15) is 0 Å². The lowest BCUT2D eigenvalue weighted by molar-refractivity contribution is -0.142. The summed E-state index contributed by atoms with van der Waals surface area (Å²) in [6.07, 6.45) is 0.454. The van der Waals surface area contributed by atoms with Crippen molar-refractivity contribution in [1.29, 1.82) is 0 Å². The third-order valence-corrected chi connectivity index (χ3v) is 4.27. The van der Waals surface area contributed by atoms with Gasteiger partial charge in [0.1, 0.15) is 12.1 Å². The molecule has 3 amide bonds. The predicted molar refractivity (Wildman–Crippen MR) is 112 cm³/mol. The standard InChI is InChI=1S/C18H35N7O5/c1-9(2)13(19)15(27)23-8-12(26)25-14(10(3)4)16(28)24-11(17(29)30)6-5-7-22-18(20)21/h9-11,13-14H,5-8,19H2,1-4H3,(H,23,27)(H,24,28)(H,25,26)(H,29,30)(H4,20,21,22). The third kappa shape index (κ3) is 10.6. The van der Waals surface area contributed by atoms with E-state index in [9.17, 15) is 24.3 Å². The molecule has 0 aromatic heterocycles. The Balaban J connectivity index is 4.83. The highest BCUT2D eigenvalue weighted by atomic mass is 16.4. The van der Waals surface area contributed by atoms with Crippen LogP contribution >= 0.6 is 0 Å². The molecule has 12 nitrogen and oxygen atoms in total. The van der Waals surface area contributed by atoms with E-state index in [2.05, 4.69) is 20.9 Å². The number of carboxylic acids is 1. The molecule has 0 aliphatic carbocycles. The minimum Gasteiger partial charge on any atom is -0.480 e. The highest BCUT2D eigenvalue weighted by molar-refractivity contribution is 5.92. The highest BCUT2D eigenvalue weighted by Gasteiger charge is 2.28. The molecular formula is C18H35N7O5. The normalized spacial score (nSPS) is 13.8. The Morgan fingerprint density at radius 2 is 1.57 bits per heavy atom. The molecule has 10 N–H and O–H groups in total. The van der Waals surface area contributed by atoms with Crippen molar-refractivity contribution in [2.24, 2.45) is 34.0 Å². The topological polar surface area (TPSA) is 215 Å². The zero-order valence-electron chi connectivity index (χ0n) is 18.0. The van der Waals surface area contributed by atoms with E-state index in [1.807, 2.05) is 0 Å². The molecule has 0 spiro atoms. The van der Waals surface area contributed by atoms with E-state index in [0.29, 0.717) is 6.42 Å². The van der Waals surface area contributed by atoms with Crippen LogP contribution in [0.1, 0.15) is 40.5 Å². The number of carbonyl (C=O) groups excluding carboxylic acids is 3. The first-order valence-electron chi connectivity index (χ1n) is 9.78. The van der Waals surface area contributed by atoms with E-state index in [4.69, 9.17) is 17.2 Å². The molecule has 0 saturated carbocycles. The van der Waals surface area contributed by atoms with Gasteiger partial charge < -0.3 is 38.3 Å². The maximum atomic E-state index is 12.5. The van der Waals surface area contributed by atoms with Crippen molar-refractivity contribution in [3.05, 3.63) is 0 Å². The summed E-state index contributed by atoms with van der Waals surface area (Å²) < 4.78 is 0. The third-order valence-electron chi connectivity index (χ3n) is 4.27. The van der Waals surface area contributed by atoms with Crippen molar-refractivity contribution < 1.29 is 24.3 Å². The number of nitrogens with two attached hydrogens (primary N) is 3. The van der Waals surface area contributed by atoms with Crippen LogP contribution < -0.4 is 33.2 Å². The Bertz CT molecular complexity index is 632. The molecule has 0 radical (unpaired) electrons. The van der Waals surface area contributed by atoms with Crippen molar-refractivity contribution in [3.8, 4) is 0 Å². The molecule has 0 fully saturated rings. The maximum absolute atomic E-state index is 12.5. The molecule has 0 aliphatic heterocycles. The first-order valence-corrected chi connectivity index (χ1v) is 9.78. The van der Waals surface area contributed by atoms with E-state index >= 15 is 0 Å². The van der Waals surface area contributed by atoms with Gasteiger partial charge in [0.05, 0.1) is 12.6 Å². The number of amides is 3. The molecule has 0 aromatic carbocycles. The fraction of sp³-hybridized carbons (Fsp3) is 0.722. The molecule has 3 atom stereocenters. The number of hydrogen-bond acceptors (Lipinski definition) is 6. The molecule has 3 unspecified atom stereocenters. The highest BCUT2D eigenvalue weighted by Crippen LogP contribution is 2.05. The first-order chi connectivity index (χ1) is 13.9. The Kier molecular flexibility index (Phi) is 12.1. The molecule has 0 saturated heterocycles. The molecule has 172 valence electrons. The molecular weight excluding hydrogens is 394 g/mol. The fourth-order valence-corrected chi connectivity index (χ4v) is 2.37. The number of nitrogens with zero attached hydrogens (tertiary/aromatic N) is 1. The largest absolute Gasteiger partial charge is 0.480 e. The second-order valence-electron chi connectivity index (χ2n) is 7.63. The van der Waals surface area contributed by atoms with Crippen LogP contribution in [0.15, 0.2) is 4.99 Å². The predicted octanol–water partition coefficient (Wildman–Crippen LogP) is -2.15. The van der Waals surface area contributed by atoms with Gasteiger partial charge in [-0.05, 0) is 24.7 Å². The van der Waals surface area contributed by atoms with E-state index in [1.165, 1.54) is 0 Å². The second kappa shape index (κ2) is 13.4. The van der Waals surface area contributed by atoms with Crippen molar-refractivity contribution >= 4 is 29.7 Å². The van der Waals surface area contributed by atoms with E-state index in [1.54, 1.807) is 27.7 Å². The fourth-order valence-electron chi connectivity index (χ4n) is 2.37. The van der Waals surface area contributed by atoms with Gasteiger partial charge in [-0.3, -0.25) is 19.4 Å². The smallest absolute Gasteiger partial charge is 0.326 e. The van der Waals surface area contributed by atoms with Gasteiger partial charge in [-0.15, -0.1) is 0 Å². The summed E-state index contributed by atoms with van der Waals surface area (Å²) in [6.45, 7) is 6.83. The number of carboxylic acid groups (broad SMARTS) is 1. The zero-order valence-corrected chi connectivity index (χ0v) is 18.0. The number of aliphatic carboxylic acids is 1. The lowest BCUT2D eigenvalue weighted by atomic mass is 10.0. The molecule has 0 aromatic rings. The lowest BCUT2D eigenvalue weighted by Crippen LogP contribution is -2.55. The molecule has 0 rings (SSSR count). The Labute approximate surface area is 176 Å². The van der Waals surface area contributed by atoms with Gasteiger partial charge >= 0.3 is 5.97 Å². The Morgan fingerprint density at radius 3 is 2.03 bits per heavy atom. The molecule has 12 heteroatoms. The van der Waals surface area contributed by atoms with Gasteiger partial charge in [0, 0.05) is 6.54 Å². The minimum atomic E-state index is -1.21.